The van der Waals surface area contributed by atoms with Gasteiger partial charge < -0.3 is 5.11 Å². The van der Waals surface area contributed by atoms with Gasteiger partial charge in [0.15, 0.2) is 5.01 Å². The van der Waals surface area contributed by atoms with Crippen LogP contribution in [0.4, 0.5) is 8.78 Å². The lowest BCUT2D eigenvalue weighted by atomic mass is 10.2. The molecule has 0 unspecified atom stereocenters. The Hall–Kier alpha value is -1.04. The lowest BCUT2D eigenvalue weighted by Gasteiger charge is -2.06. The van der Waals surface area contributed by atoms with Gasteiger partial charge in [0.05, 0.1) is 5.69 Å². The number of aliphatic carboxylic acids is 1. The van der Waals surface area contributed by atoms with Gasteiger partial charge in [0, 0.05) is 5.38 Å². The number of nitrogens with zero attached hydrogens (tertiary/aromatic N) is 1. The monoisotopic (exact) mass is 221 g/mol. The Morgan fingerprint density at radius 1 is 1.64 bits per heavy atom. The van der Waals surface area contributed by atoms with Crippen molar-refractivity contribution in [2.24, 2.45) is 0 Å². The number of carboxylic acids is 1. The molecular weight excluding hydrogens is 212 g/mol. The molecule has 3 nitrogen and oxygen atoms in total. The quantitative estimate of drug-likeness (QED) is 0.852. The van der Waals surface area contributed by atoms with E-state index in [1.54, 1.807) is 13.8 Å². The lowest BCUT2D eigenvalue weighted by Crippen LogP contribution is -2.25. The molecule has 6 heteroatoms. The fourth-order valence-electron chi connectivity index (χ4n) is 0.787. The number of carbonyl (C=O) groups is 1. The van der Waals surface area contributed by atoms with Crippen LogP contribution in [0.3, 0.4) is 0 Å². The summed E-state index contributed by atoms with van der Waals surface area (Å²) in [5.74, 6) is -6.02. The highest BCUT2D eigenvalue weighted by molar-refractivity contribution is 7.09. The van der Waals surface area contributed by atoms with Crippen molar-refractivity contribution >= 4 is 17.3 Å². The summed E-state index contributed by atoms with van der Waals surface area (Å²) >= 11 is 0.671. The van der Waals surface area contributed by atoms with Gasteiger partial charge in [-0.2, -0.15) is 8.78 Å². The second-order valence-electron chi connectivity index (χ2n) is 3.11. The minimum atomic E-state index is -3.88. The summed E-state index contributed by atoms with van der Waals surface area (Å²) < 4.78 is 25.8. The van der Waals surface area contributed by atoms with Gasteiger partial charge in [-0.1, -0.05) is 13.8 Å². The highest BCUT2D eigenvalue weighted by Gasteiger charge is 2.44. The van der Waals surface area contributed by atoms with E-state index in [2.05, 4.69) is 4.98 Å². The normalized spacial score (nSPS) is 12.1. The summed E-state index contributed by atoms with van der Waals surface area (Å²) in [5, 5.41) is 9.06. The summed E-state index contributed by atoms with van der Waals surface area (Å²) in [7, 11) is 0. The smallest absolute Gasteiger partial charge is 0.393 e. The van der Waals surface area contributed by atoms with Crippen LogP contribution >= 0.6 is 11.3 Å². The van der Waals surface area contributed by atoms with Crippen molar-refractivity contribution in [1.29, 1.82) is 0 Å². The topological polar surface area (TPSA) is 50.2 Å². The van der Waals surface area contributed by atoms with Gasteiger partial charge in [0.1, 0.15) is 0 Å². The molecular formula is C8H9F2NO2S. The van der Waals surface area contributed by atoms with Crippen LogP contribution in [0.1, 0.15) is 30.5 Å². The zero-order valence-electron chi connectivity index (χ0n) is 7.62. The molecule has 0 amide bonds. The van der Waals surface area contributed by atoms with Crippen LogP contribution in [0.2, 0.25) is 0 Å². The molecule has 1 N–H and O–H groups in total. The van der Waals surface area contributed by atoms with Crippen LogP contribution < -0.4 is 0 Å². The third-order valence-electron chi connectivity index (χ3n) is 1.65. The van der Waals surface area contributed by atoms with Crippen LogP contribution in [0.25, 0.3) is 0 Å². The van der Waals surface area contributed by atoms with E-state index in [1.165, 1.54) is 5.38 Å². The molecule has 0 atom stereocenters. The Kier molecular flexibility index (Phi) is 2.84. The molecule has 0 aliphatic carbocycles. The van der Waals surface area contributed by atoms with Gasteiger partial charge in [-0.25, -0.2) is 9.78 Å². The maximum absolute atomic E-state index is 12.9. The molecule has 0 saturated carbocycles. The van der Waals surface area contributed by atoms with Crippen molar-refractivity contribution in [3.8, 4) is 0 Å². The van der Waals surface area contributed by atoms with Crippen LogP contribution in [-0.2, 0) is 10.7 Å². The summed E-state index contributed by atoms with van der Waals surface area (Å²) in [6, 6.07) is 0. The number of hydrogen-bond donors (Lipinski definition) is 1. The zero-order chi connectivity index (χ0) is 10.9. The number of halogens is 2. The van der Waals surface area contributed by atoms with Crippen molar-refractivity contribution in [1.82, 2.24) is 4.98 Å². The lowest BCUT2D eigenvalue weighted by molar-refractivity contribution is -0.166. The second kappa shape index (κ2) is 3.61. The average molecular weight is 221 g/mol. The first kappa shape index (κ1) is 11.0. The third-order valence-corrected chi connectivity index (χ3v) is 2.58. The molecule has 0 radical (unpaired) electrons. The van der Waals surface area contributed by atoms with E-state index in [1.807, 2.05) is 0 Å². The molecule has 1 aromatic heterocycles. The van der Waals surface area contributed by atoms with Gasteiger partial charge in [-0.15, -0.1) is 11.3 Å². The summed E-state index contributed by atoms with van der Waals surface area (Å²) in [6.07, 6.45) is 0. The number of hydrogen-bond acceptors (Lipinski definition) is 3. The van der Waals surface area contributed by atoms with E-state index in [-0.39, 0.29) is 5.92 Å². The molecule has 1 aromatic rings. The van der Waals surface area contributed by atoms with Crippen molar-refractivity contribution in [3.63, 3.8) is 0 Å². The Bertz CT molecular complexity index is 349. The third kappa shape index (κ3) is 1.89. The second-order valence-corrected chi connectivity index (χ2v) is 3.97. The van der Waals surface area contributed by atoms with Crippen molar-refractivity contribution in [2.45, 2.75) is 25.7 Å². The van der Waals surface area contributed by atoms with Crippen LogP contribution in [0.5, 0.6) is 0 Å². The predicted molar refractivity (Wildman–Crippen MR) is 47.7 cm³/mol. The van der Waals surface area contributed by atoms with Crippen molar-refractivity contribution in [3.05, 3.63) is 16.1 Å². The van der Waals surface area contributed by atoms with E-state index < -0.39 is 16.9 Å². The minimum Gasteiger partial charge on any atom is -0.476 e. The highest BCUT2D eigenvalue weighted by Crippen LogP contribution is 2.32. The summed E-state index contributed by atoms with van der Waals surface area (Å²) in [5.41, 5.74) is 0.492. The molecule has 0 bridgehead atoms. The Labute approximate surface area is 83.4 Å². The highest BCUT2D eigenvalue weighted by atomic mass is 32.1. The number of rotatable bonds is 3. The maximum atomic E-state index is 12.9. The Balaban J connectivity index is 3.03. The maximum Gasteiger partial charge on any atom is 0.393 e. The first-order valence-corrected chi connectivity index (χ1v) is 4.80. The molecule has 0 aliphatic rings. The molecule has 14 heavy (non-hydrogen) atoms. The number of carboxylic acid groups (broad SMARTS) is 1. The van der Waals surface area contributed by atoms with Gasteiger partial charge in [-0.05, 0) is 5.92 Å². The van der Waals surface area contributed by atoms with Gasteiger partial charge in [0.2, 0.25) is 0 Å². The molecule has 78 valence electrons. The first-order valence-electron chi connectivity index (χ1n) is 3.92. The van der Waals surface area contributed by atoms with Gasteiger partial charge in [0.25, 0.3) is 0 Å². The minimum absolute atomic E-state index is 0.0181. The molecule has 0 spiro atoms. The van der Waals surface area contributed by atoms with Gasteiger partial charge in [-0.3, -0.25) is 0 Å². The fourth-order valence-corrected chi connectivity index (χ4v) is 1.74. The predicted octanol–water partition coefficient (Wildman–Crippen LogP) is 2.44. The molecule has 1 heterocycles. The number of alkyl halides is 2. The molecule has 0 saturated heterocycles. The fraction of sp³-hybridized carbons (Fsp3) is 0.500. The van der Waals surface area contributed by atoms with Crippen molar-refractivity contribution in [2.75, 3.05) is 0 Å². The average Bonchev–Trinajstić information content (AvgIpc) is 2.51. The van der Waals surface area contributed by atoms with Crippen LogP contribution in [-0.4, -0.2) is 16.1 Å². The Morgan fingerprint density at radius 3 is 2.57 bits per heavy atom. The van der Waals surface area contributed by atoms with E-state index >= 15 is 0 Å². The van der Waals surface area contributed by atoms with E-state index in [4.69, 9.17) is 5.11 Å². The SMILES string of the molecule is CC(C)c1csc(C(F)(F)C(=O)O)n1. The largest absolute Gasteiger partial charge is 0.476 e. The molecule has 0 aromatic carbocycles. The van der Waals surface area contributed by atoms with Crippen LogP contribution in [0, 0.1) is 0 Å². The van der Waals surface area contributed by atoms with Crippen LogP contribution in [0.15, 0.2) is 5.38 Å². The van der Waals surface area contributed by atoms with E-state index in [9.17, 15) is 13.6 Å². The molecule has 1 rings (SSSR count). The molecule has 0 fully saturated rings. The first-order chi connectivity index (χ1) is 6.35. The summed E-state index contributed by atoms with van der Waals surface area (Å²) in [6.45, 7) is 3.61. The van der Waals surface area contributed by atoms with Crippen molar-refractivity contribution < 1.29 is 18.7 Å². The number of thiazole rings is 1. The zero-order valence-corrected chi connectivity index (χ0v) is 8.44. The molecule has 0 aliphatic heterocycles. The standard InChI is InChI=1S/C8H9F2NO2S/c1-4(2)5-3-14-6(11-5)8(9,10)7(12)13/h3-4H,1-2H3,(H,12,13). The van der Waals surface area contributed by atoms with E-state index in [0.29, 0.717) is 17.0 Å². The Morgan fingerprint density at radius 2 is 2.21 bits per heavy atom. The van der Waals surface area contributed by atoms with Gasteiger partial charge >= 0.3 is 11.9 Å². The number of aromatic nitrogens is 1. The van der Waals surface area contributed by atoms with E-state index in [0.717, 1.165) is 0 Å². The summed E-state index contributed by atoms with van der Waals surface area (Å²) in [4.78, 5) is 13.8.